The van der Waals surface area contributed by atoms with Gasteiger partial charge in [0.2, 0.25) is 10.0 Å². The van der Waals surface area contributed by atoms with Crippen LogP contribution in [0.2, 0.25) is 0 Å². The first kappa shape index (κ1) is 14.8. The fraction of sp³-hybridized carbons (Fsp3) is 0.538. The summed E-state index contributed by atoms with van der Waals surface area (Å²) in [4.78, 5) is 1.38. The molecule has 4 nitrogen and oxygen atoms in total. The Morgan fingerprint density at radius 2 is 2.00 bits per heavy atom. The molecule has 0 spiro atoms. The number of sulfonamides is 1. The predicted octanol–water partition coefficient (Wildman–Crippen LogP) is 1.78. The third-order valence-electron chi connectivity index (χ3n) is 3.54. The Labute approximate surface area is 119 Å². The minimum Gasteiger partial charge on any atom is -0.317 e. The number of hydrogen-bond donors (Lipinski definition) is 1. The zero-order chi connectivity index (χ0) is 13.9. The smallest absolute Gasteiger partial charge is 0.243 e. The molecule has 0 atom stereocenters. The summed E-state index contributed by atoms with van der Waals surface area (Å²) in [5.74, 6) is 0. The van der Waals surface area contributed by atoms with E-state index in [1.165, 1.54) is 0 Å². The SMILES string of the molecule is CNC1CCN(S(=O)(=O)c2cccc(SC)c2)CC1. The van der Waals surface area contributed by atoms with Crippen LogP contribution in [0.5, 0.6) is 0 Å². The number of piperidine rings is 1. The molecule has 1 heterocycles. The highest BCUT2D eigenvalue weighted by Crippen LogP contribution is 2.24. The van der Waals surface area contributed by atoms with Crippen molar-refractivity contribution in [1.29, 1.82) is 0 Å². The van der Waals surface area contributed by atoms with Crippen LogP contribution < -0.4 is 5.32 Å². The number of nitrogens with one attached hydrogen (secondary N) is 1. The highest BCUT2D eigenvalue weighted by Gasteiger charge is 2.28. The van der Waals surface area contributed by atoms with E-state index in [-0.39, 0.29) is 0 Å². The van der Waals surface area contributed by atoms with Crippen molar-refractivity contribution < 1.29 is 8.42 Å². The van der Waals surface area contributed by atoms with Gasteiger partial charge in [-0.1, -0.05) is 6.07 Å². The van der Waals surface area contributed by atoms with E-state index in [1.54, 1.807) is 34.3 Å². The van der Waals surface area contributed by atoms with Crippen LogP contribution in [0, 0.1) is 0 Å². The molecule has 2 rings (SSSR count). The first-order valence-corrected chi connectivity index (χ1v) is 9.06. The summed E-state index contributed by atoms with van der Waals surface area (Å²) in [5, 5.41) is 3.21. The van der Waals surface area contributed by atoms with Crippen LogP contribution in [0.25, 0.3) is 0 Å². The van der Waals surface area contributed by atoms with Crippen molar-refractivity contribution in [2.45, 2.75) is 28.7 Å². The molecule has 1 aromatic rings. The van der Waals surface area contributed by atoms with Gasteiger partial charge in [0, 0.05) is 24.0 Å². The first-order valence-electron chi connectivity index (χ1n) is 6.39. The van der Waals surface area contributed by atoms with Crippen molar-refractivity contribution in [3.63, 3.8) is 0 Å². The van der Waals surface area contributed by atoms with Crippen molar-refractivity contribution in [1.82, 2.24) is 9.62 Å². The van der Waals surface area contributed by atoms with Gasteiger partial charge in [0.15, 0.2) is 0 Å². The highest BCUT2D eigenvalue weighted by atomic mass is 32.2. The van der Waals surface area contributed by atoms with Crippen LogP contribution in [0.1, 0.15) is 12.8 Å². The lowest BCUT2D eigenvalue weighted by atomic mass is 10.1. The van der Waals surface area contributed by atoms with Crippen molar-refractivity contribution in [2.24, 2.45) is 0 Å². The van der Waals surface area contributed by atoms with Crippen molar-refractivity contribution in [3.05, 3.63) is 24.3 Å². The molecule has 1 saturated heterocycles. The lowest BCUT2D eigenvalue weighted by molar-refractivity contribution is 0.298. The molecule has 6 heteroatoms. The summed E-state index contributed by atoms with van der Waals surface area (Å²) in [5.41, 5.74) is 0. The standard InChI is InChI=1S/C13H20N2O2S2/c1-14-11-6-8-15(9-7-11)19(16,17)13-5-3-4-12(10-13)18-2/h3-5,10-11,14H,6-9H2,1-2H3. The van der Waals surface area contributed by atoms with Crippen LogP contribution in [-0.2, 0) is 10.0 Å². The Morgan fingerprint density at radius 3 is 2.58 bits per heavy atom. The van der Waals surface area contributed by atoms with Gasteiger partial charge in [-0.25, -0.2) is 8.42 Å². The Kier molecular flexibility index (Phi) is 4.89. The maximum atomic E-state index is 12.5. The Hall–Kier alpha value is -0.560. The Bertz CT molecular complexity index is 523. The molecule has 106 valence electrons. The van der Waals surface area contributed by atoms with E-state index >= 15 is 0 Å². The highest BCUT2D eigenvalue weighted by molar-refractivity contribution is 7.98. The summed E-state index contributed by atoms with van der Waals surface area (Å²) in [6.45, 7) is 1.19. The third-order valence-corrected chi connectivity index (χ3v) is 6.16. The van der Waals surface area contributed by atoms with Crippen molar-refractivity contribution in [2.75, 3.05) is 26.4 Å². The molecule has 19 heavy (non-hydrogen) atoms. The quantitative estimate of drug-likeness (QED) is 0.861. The van der Waals surface area contributed by atoms with E-state index in [0.29, 0.717) is 24.0 Å². The molecule has 0 amide bonds. The molecule has 0 radical (unpaired) electrons. The summed E-state index contributed by atoms with van der Waals surface area (Å²) in [6, 6.07) is 7.60. The molecule has 0 bridgehead atoms. The average molecular weight is 300 g/mol. The molecule has 0 saturated carbocycles. The van der Waals surface area contributed by atoms with Crippen molar-refractivity contribution >= 4 is 21.8 Å². The Morgan fingerprint density at radius 1 is 1.32 bits per heavy atom. The summed E-state index contributed by atoms with van der Waals surface area (Å²) in [7, 11) is -1.41. The van der Waals surface area contributed by atoms with Gasteiger partial charge in [-0.05, 0) is 44.3 Å². The van der Waals surface area contributed by atoms with Crippen LogP contribution in [0.3, 0.4) is 0 Å². The molecular weight excluding hydrogens is 280 g/mol. The zero-order valence-electron chi connectivity index (χ0n) is 11.3. The van der Waals surface area contributed by atoms with Gasteiger partial charge in [-0.15, -0.1) is 11.8 Å². The number of thioether (sulfide) groups is 1. The minimum atomic E-state index is -3.33. The normalized spacial score (nSPS) is 18.6. The zero-order valence-corrected chi connectivity index (χ0v) is 12.9. The average Bonchev–Trinajstić information content (AvgIpc) is 2.47. The van der Waals surface area contributed by atoms with Crippen LogP contribution in [0.4, 0.5) is 0 Å². The maximum absolute atomic E-state index is 12.5. The molecule has 0 aliphatic carbocycles. The second-order valence-electron chi connectivity index (χ2n) is 4.65. The minimum absolute atomic E-state index is 0.405. The van der Waals surface area contributed by atoms with E-state index in [9.17, 15) is 8.42 Å². The summed E-state index contributed by atoms with van der Waals surface area (Å²) in [6.07, 6.45) is 3.69. The van der Waals surface area contributed by atoms with Gasteiger partial charge >= 0.3 is 0 Å². The number of rotatable bonds is 4. The van der Waals surface area contributed by atoms with Crippen LogP contribution in [0.15, 0.2) is 34.1 Å². The van der Waals surface area contributed by atoms with E-state index < -0.39 is 10.0 Å². The second-order valence-corrected chi connectivity index (χ2v) is 7.46. The van der Waals surface area contributed by atoms with Gasteiger partial charge in [-0.2, -0.15) is 4.31 Å². The van der Waals surface area contributed by atoms with Gasteiger partial charge in [-0.3, -0.25) is 0 Å². The van der Waals surface area contributed by atoms with Crippen LogP contribution >= 0.6 is 11.8 Å². The molecule has 1 aromatic carbocycles. The van der Waals surface area contributed by atoms with E-state index in [1.807, 2.05) is 19.4 Å². The van der Waals surface area contributed by atoms with Gasteiger partial charge in [0.05, 0.1) is 4.90 Å². The predicted molar refractivity (Wildman–Crippen MR) is 79.1 cm³/mol. The fourth-order valence-corrected chi connectivity index (χ4v) is 4.35. The van der Waals surface area contributed by atoms with Crippen molar-refractivity contribution in [3.8, 4) is 0 Å². The number of nitrogens with zero attached hydrogens (tertiary/aromatic N) is 1. The summed E-state index contributed by atoms with van der Waals surface area (Å²) >= 11 is 1.56. The lowest BCUT2D eigenvalue weighted by Gasteiger charge is -2.31. The van der Waals surface area contributed by atoms with Gasteiger partial charge < -0.3 is 5.32 Å². The molecule has 1 fully saturated rings. The van der Waals surface area contributed by atoms with E-state index in [4.69, 9.17) is 0 Å². The van der Waals surface area contributed by atoms with E-state index in [0.717, 1.165) is 17.7 Å². The Balaban J connectivity index is 2.18. The van der Waals surface area contributed by atoms with Crippen LogP contribution in [-0.4, -0.2) is 45.2 Å². The largest absolute Gasteiger partial charge is 0.317 e. The summed E-state index contributed by atoms with van der Waals surface area (Å²) < 4.78 is 26.7. The molecule has 0 unspecified atom stereocenters. The maximum Gasteiger partial charge on any atom is 0.243 e. The molecule has 0 aromatic heterocycles. The first-order chi connectivity index (χ1) is 9.07. The van der Waals surface area contributed by atoms with E-state index in [2.05, 4.69) is 5.32 Å². The number of benzene rings is 1. The third kappa shape index (κ3) is 3.31. The monoisotopic (exact) mass is 300 g/mol. The fourth-order valence-electron chi connectivity index (χ4n) is 2.30. The number of hydrogen-bond acceptors (Lipinski definition) is 4. The topological polar surface area (TPSA) is 49.4 Å². The van der Waals surface area contributed by atoms with Gasteiger partial charge in [0.1, 0.15) is 0 Å². The lowest BCUT2D eigenvalue weighted by Crippen LogP contribution is -2.43. The second kappa shape index (κ2) is 6.26. The molecule has 1 N–H and O–H groups in total. The van der Waals surface area contributed by atoms with Gasteiger partial charge in [0.25, 0.3) is 0 Å². The molecular formula is C13H20N2O2S2. The molecule has 1 aliphatic heterocycles. The molecule has 1 aliphatic rings.